The van der Waals surface area contributed by atoms with Gasteiger partial charge in [-0.3, -0.25) is 4.79 Å². The molecule has 0 aliphatic carbocycles. The second kappa shape index (κ2) is 6.54. The summed E-state index contributed by atoms with van der Waals surface area (Å²) in [5, 5.41) is 9.03. The van der Waals surface area contributed by atoms with E-state index in [0.29, 0.717) is 12.2 Å². The van der Waals surface area contributed by atoms with Crippen LogP contribution in [0, 0.1) is 0 Å². The number of carboxylic acid groups (broad SMARTS) is 1. The van der Waals surface area contributed by atoms with E-state index in [2.05, 4.69) is 0 Å². The normalized spacial score (nSPS) is 20.8. The molecule has 3 N–H and O–H groups in total. The highest BCUT2D eigenvalue weighted by Crippen LogP contribution is 2.21. The standard InChI is InChI=1S/C14H19NO4/c15-8-13(14(16)17)10-3-5-11(6-4-10)19-12-2-1-7-18-9-12/h3-6,12-13H,1-2,7-9,15H2,(H,16,17). The molecule has 104 valence electrons. The van der Waals surface area contributed by atoms with Gasteiger partial charge in [-0.05, 0) is 30.5 Å². The van der Waals surface area contributed by atoms with Gasteiger partial charge >= 0.3 is 5.97 Å². The van der Waals surface area contributed by atoms with Crippen LogP contribution in [0.4, 0.5) is 0 Å². The second-order valence-electron chi connectivity index (χ2n) is 4.65. The third kappa shape index (κ3) is 3.68. The third-order valence-electron chi connectivity index (χ3n) is 3.24. The molecule has 2 atom stereocenters. The van der Waals surface area contributed by atoms with Crippen LogP contribution in [-0.2, 0) is 9.53 Å². The van der Waals surface area contributed by atoms with Gasteiger partial charge in [0.1, 0.15) is 11.9 Å². The minimum Gasteiger partial charge on any atom is -0.488 e. The average molecular weight is 265 g/mol. The molecular formula is C14H19NO4. The number of hydrogen-bond acceptors (Lipinski definition) is 4. The van der Waals surface area contributed by atoms with E-state index in [0.717, 1.165) is 25.2 Å². The molecule has 5 nitrogen and oxygen atoms in total. The number of hydrogen-bond donors (Lipinski definition) is 2. The molecule has 5 heteroatoms. The summed E-state index contributed by atoms with van der Waals surface area (Å²) in [5.41, 5.74) is 6.16. The number of aliphatic carboxylic acids is 1. The maximum atomic E-state index is 11.0. The Morgan fingerprint density at radius 3 is 2.74 bits per heavy atom. The first-order chi connectivity index (χ1) is 9.20. The van der Waals surface area contributed by atoms with Gasteiger partial charge in [-0.25, -0.2) is 0 Å². The van der Waals surface area contributed by atoms with Crippen molar-refractivity contribution in [3.63, 3.8) is 0 Å². The van der Waals surface area contributed by atoms with Crippen LogP contribution in [0.25, 0.3) is 0 Å². The number of benzene rings is 1. The van der Waals surface area contributed by atoms with Crippen LogP contribution in [0.5, 0.6) is 5.75 Å². The molecule has 1 fully saturated rings. The summed E-state index contributed by atoms with van der Waals surface area (Å²) in [4.78, 5) is 11.0. The Bertz CT molecular complexity index is 412. The van der Waals surface area contributed by atoms with E-state index in [1.807, 2.05) is 0 Å². The molecule has 1 saturated heterocycles. The van der Waals surface area contributed by atoms with Gasteiger partial charge in [0.05, 0.1) is 12.5 Å². The van der Waals surface area contributed by atoms with Crippen molar-refractivity contribution >= 4 is 5.97 Å². The van der Waals surface area contributed by atoms with Crippen LogP contribution in [-0.4, -0.2) is 36.9 Å². The van der Waals surface area contributed by atoms with E-state index < -0.39 is 11.9 Å². The molecular weight excluding hydrogens is 246 g/mol. The van der Waals surface area contributed by atoms with Gasteiger partial charge in [-0.2, -0.15) is 0 Å². The fraction of sp³-hybridized carbons (Fsp3) is 0.500. The van der Waals surface area contributed by atoms with Crippen molar-refractivity contribution in [1.29, 1.82) is 0 Å². The van der Waals surface area contributed by atoms with Crippen molar-refractivity contribution in [3.8, 4) is 5.75 Å². The fourth-order valence-corrected chi connectivity index (χ4v) is 2.15. The molecule has 1 aliphatic rings. The van der Waals surface area contributed by atoms with E-state index in [4.69, 9.17) is 20.3 Å². The molecule has 0 bridgehead atoms. The van der Waals surface area contributed by atoms with Gasteiger partial charge < -0.3 is 20.3 Å². The van der Waals surface area contributed by atoms with E-state index >= 15 is 0 Å². The van der Waals surface area contributed by atoms with Crippen molar-refractivity contribution < 1.29 is 19.4 Å². The Balaban J connectivity index is 1.99. The Labute approximate surface area is 112 Å². The predicted molar refractivity (Wildman–Crippen MR) is 70.3 cm³/mol. The van der Waals surface area contributed by atoms with Gasteiger partial charge in [-0.15, -0.1) is 0 Å². The molecule has 1 aromatic carbocycles. The summed E-state index contributed by atoms with van der Waals surface area (Å²) in [7, 11) is 0. The number of nitrogens with two attached hydrogens (primary N) is 1. The van der Waals surface area contributed by atoms with Crippen LogP contribution in [0.2, 0.25) is 0 Å². The quantitative estimate of drug-likeness (QED) is 0.840. The van der Waals surface area contributed by atoms with E-state index in [1.165, 1.54) is 0 Å². The minimum atomic E-state index is -0.906. The molecule has 0 saturated carbocycles. The molecule has 0 aromatic heterocycles. The Morgan fingerprint density at radius 2 is 2.21 bits per heavy atom. The predicted octanol–water partition coefficient (Wildman–Crippen LogP) is 1.37. The van der Waals surface area contributed by atoms with Crippen molar-refractivity contribution in [2.45, 2.75) is 24.9 Å². The zero-order valence-electron chi connectivity index (χ0n) is 10.7. The largest absolute Gasteiger partial charge is 0.488 e. The Morgan fingerprint density at radius 1 is 1.47 bits per heavy atom. The number of ether oxygens (including phenoxy) is 2. The summed E-state index contributed by atoms with van der Waals surface area (Å²) in [6.07, 6.45) is 2.09. The zero-order chi connectivity index (χ0) is 13.7. The lowest BCUT2D eigenvalue weighted by Crippen LogP contribution is -2.28. The number of rotatable bonds is 5. The van der Waals surface area contributed by atoms with Crippen molar-refractivity contribution in [2.75, 3.05) is 19.8 Å². The first kappa shape index (κ1) is 13.8. The second-order valence-corrected chi connectivity index (χ2v) is 4.65. The molecule has 1 heterocycles. The molecule has 1 aliphatic heterocycles. The van der Waals surface area contributed by atoms with Crippen LogP contribution in [0.15, 0.2) is 24.3 Å². The van der Waals surface area contributed by atoms with Gasteiger partial charge in [0.15, 0.2) is 0 Å². The third-order valence-corrected chi connectivity index (χ3v) is 3.24. The zero-order valence-corrected chi connectivity index (χ0v) is 10.7. The van der Waals surface area contributed by atoms with Gasteiger partial charge in [0.25, 0.3) is 0 Å². The lowest BCUT2D eigenvalue weighted by atomic mass is 9.99. The van der Waals surface area contributed by atoms with Crippen molar-refractivity contribution in [2.24, 2.45) is 5.73 Å². The molecule has 0 amide bonds. The van der Waals surface area contributed by atoms with E-state index in [9.17, 15) is 4.79 Å². The van der Waals surface area contributed by atoms with E-state index in [-0.39, 0.29) is 12.6 Å². The lowest BCUT2D eigenvalue weighted by Gasteiger charge is -2.23. The van der Waals surface area contributed by atoms with Crippen LogP contribution in [0.1, 0.15) is 24.3 Å². The summed E-state index contributed by atoms with van der Waals surface area (Å²) in [5.74, 6) is -0.829. The highest BCUT2D eigenvalue weighted by Gasteiger charge is 2.19. The number of carbonyl (C=O) groups is 1. The smallest absolute Gasteiger partial charge is 0.312 e. The summed E-state index contributed by atoms with van der Waals surface area (Å²) in [6.45, 7) is 1.50. The molecule has 0 radical (unpaired) electrons. The summed E-state index contributed by atoms with van der Waals surface area (Å²) >= 11 is 0. The Hall–Kier alpha value is -1.59. The summed E-state index contributed by atoms with van der Waals surface area (Å²) < 4.78 is 11.1. The summed E-state index contributed by atoms with van der Waals surface area (Å²) in [6, 6.07) is 7.08. The van der Waals surface area contributed by atoms with Crippen LogP contribution >= 0.6 is 0 Å². The van der Waals surface area contributed by atoms with Crippen LogP contribution < -0.4 is 10.5 Å². The minimum absolute atomic E-state index is 0.0874. The molecule has 2 rings (SSSR count). The molecule has 2 unspecified atom stereocenters. The highest BCUT2D eigenvalue weighted by atomic mass is 16.5. The highest BCUT2D eigenvalue weighted by molar-refractivity contribution is 5.76. The van der Waals surface area contributed by atoms with Crippen molar-refractivity contribution in [1.82, 2.24) is 0 Å². The molecule has 19 heavy (non-hydrogen) atoms. The molecule has 0 spiro atoms. The topological polar surface area (TPSA) is 81.8 Å². The molecule has 1 aromatic rings. The fourth-order valence-electron chi connectivity index (χ4n) is 2.15. The SMILES string of the molecule is NCC(C(=O)O)c1ccc(OC2CCCOC2)cc1. The maximum absolute atomic E-state index is 11.0. The van der Waals surface area contributed by atoms with Gasteiger partial charge in [-0.1, -0.05) is 12.1 Å². The first-order valence-electron chi connectivity index (χ1n) is 6.48. The van der Waals surface area contributed by atoms with Crippen LogP contribution in [0.3, 0.4) is 0 Å². The van der Waals surface area contributed by atoms with Gasteiger partial charge in [0.2, 0.25) is 0 Å². The number of carboxylic acids is 1. The van der Waals surface area contributed by atoms with Crippen molar-refractivity contribution in [3.05, 3.63) is 29.8 Å². The monoisotopic (exact) mass is 265 g/mol. The lowest BCUT2D eigenvalue weighted by molar-refractivity contribution is -0.138. The van der Waals surface area contributed by atoms with E-state index in [1.54, 1.807) is 24.3 Å². The first-order valence-corrected chi connectivity index (χ1v) is 6.48. The maximum Gasteiger partial charge on any atom is 0.312 e. The Kier molecular flexibility index (Phi) is 4.76. The van der Waals surface area contributed by atoms with Gasteiger partial charge in [0, 0.05) is 13.2 Å². The average Bonchev–Trinajstić information content (AvgIpc) is 2.42.